The Bertz CT molecular complexity index is 454. The number of rotatable bonds is 8. The summed E-state index contributed by atoms with van der Waals surface area (Å²) >= 11 is 0. The lowest BCUT2D eigenvalue weighted by molar-refractivity contribution is 0.533. The molecule has 0 aliphatic heterocycles. The van der Waals surface area contributed by atoms with Gasteiger partial charge in [-0.3, -0.25) is 5.41 Å². The zero-order valence-electron chi connectivity index (χ0n) is 14.1. The van der Waals surface area contributed by atoms with Crippen LogP contribution in [0.15, 0.2) is 12.1 Å². The molecule has 0 atom stereocenters. The molecule has 0 radical (unpaired) electrons. The van der Waals surface area contributed by atoms with E-state index in [0.29, 0.717) is 11.8 Å². The number of nitrogens with two attached hydrogens (primary N) is 1. The summed E-state index contributed by atoms with van der Waals surface area (Å²) in [6.07, 6.45) is 2.28. The molecule has 0 aliphatic carbocycles. The molecule has 0 saturated carbocycles. The van der Waals surface area contributed by atoms with E-state index in [2.05, 4.69) is 37.6 Å². The Kier molecular flexibility index (Phi) is 6.66. The number of hydrogen-bond acceptors (Lipinski definition) is 3. The Balaban J connectivity index is 2.97. The van der Waals surface area contributed by atoms with E-state index in [1.807, 2.05) is 19.1 Å². The highest BCUT2D eigenvalue weighted by Gasteiger charge is 2.12. The van der Waals surface area contributed by atoms with Gasteiger partial charge in [-0.1, -0.05) is 27.7 Å². The quantitative estimate of drug-likeness (QED) is 0.568. The molecule has 0 amide bonds. The predicted octanol–water partition coefficient (Wildman–Crippen LogP) is 3.57. The zero-order chi connectivity index (χ0) is 16.0. The molecule has 0 saturated heterocycles. The maximum atomic E-state index is 7.64. The van der Waals surface area contributed by atoms with Crippen molar-refractivity contribution in [3.8, 4) is 0 Å². The topological polar surface area (TPSA) is 66.0 Å². The minimum absolute atomic E-state index is 0.106. The third kappa shape index (κ3) is 6.15. The number of nitrogens with zero attached hydrogens (tertiary/aromatic N) is 2. The third-order valence-electron chi connectivity index (χ3n) is 3.53. The number of anilines is 1. The fraction of sp³-hybridized carbons (Fsp3) is 0.647. The molecule has 0 spiro atoms. The van der Waals surface area contributed by atoms with Crippen molar-refractivity contribution in [3.05, 3.63) is 23.4 Å². The van der Waals surface area contributed by atoms with Crippen molar-refractivity contribution in [1.29, 1.82) is 5.41 Å². The van der Waals surface area contributed by atoms with Crippen LogP contribution in [-0.2, 0) is 0 Å². The Morgan fingerprint density at radius 2 is 1.67 bits per heavy atom. The maximum Gasteiger partial charge on any atom is 0.129 e. The summed E-state index contributed by atoms with van der Waals surface area (Å²) in [7, 11) is 0. The highest BCUT2D eigenvalue weighted by atomic mass is 15.2. The second-order valence-corrected chi connectivity index (χ2v) is 6.62. The standard InChI is InChI=1S/C17H30N4/c1-12(2)6-8-21(9-7-13(3)4)16-11-15(17(18)19)10-14(5)20-16/h10-13H,6-9H2,1-5H3,(H3,18,19). The minimum Gasteiger partial charge on any atom is -0.384 e. The number of amidine groups is 1. The van der Waals surface area contributed by atoms with Crippen LogP contribution >= 0.6 is 0 Å². The van der Waals surface area contributed by atoms with Crippen molar-refractivity contribution in [3.63, 3.8) is 0 Å². The first-order valence-electron chi connectivity index (χ1n) is 7.87. The monoisotopic (exact) mass is 290 g/mol. The zero-order valence-corrected chi connectivity index (χ0v) is 14.1. The average molecular weight is 290 g/mol. The summed E-state index contributed by atoms with van der Waals surface area (Å²) in [4.78, 5) is 6.98. The molecule has 0 aliphatic rings. The molecule has 4 nitrogen and oxygen atoms in total. The van der Waals surface area contributed by atoms with Gasteiger partial charge in [0.15, 0.2) is 0 Å². The highest BCUT2D eigenvalue weighted by Crippen LogP contribution is 2.18. The smallest absolute Gasteiger partial charge is 0.129 e. The summed E-state index contributed by atoms with van der Waals surface area (Å²) < 4.78 is 0. The summed E-state index contributed by atoms with van der Waals surface area (Å²) in [5.74, 6) is 2.39. The number of nitrogens with one attached hydrogen (secondary N) is 1. The molecule has 0 bridgehead atoms. The van der Waals surface area contributed by atoms with Crippen LogP contribution in [0, 0.1) is 24.2 Å². The molecular weight excluding hydrogens is 260 g/mol. The molecule has 1 aromatic rings. The Morgan fingerprint density at radius 1 is 1.14 bits per heavy atom. The molecule has 1 heterocycles. The van der Waals surface area contributed by atoms with Crippen LogP contribution in [0.2, 0.25) is 0 Å². The van der Waals surface area contributed by atoms with Gasteiger partial charge in [0, 0.05) is 24.3 Å². The molecule has 21 heavy (non-hydrogen) atoms. The fourth-order valence-corrected chi connectivity index (χ4v) is 2.14. The van der Waals surface area contributed by atoms with E-state index < -0.39 is 0 Å². The van der Waals surface area contributed by atoms with Crippen LogP contribution in [-0.4, -0.2) is 23.9 Å². The fourth-order valence-electron chi connectivity index (χ4n) is 2.14. The molecule has 1 aromatic heterocycles. The van der Waals surface area contributed by atoms with E-state index >= 15 is 0 Å². The van der Waals surface area contributed by atoms with Crippen molar-refractivity contribution < 1.29 is 0 Å². The summed E-state index contributed by atoms with van der Waals surface area (Å²) in [5.41, 5.74) is 7.31. The van der Waals surface area contributed by atoms with Crippen LogP contribution in [0.4, 0.5) is 5.82 Å². The van der Waals surface area contributed by atoms with Gasteiger partial charge in [0.1, 0.15) is 11.7 Å². The maximum absolute atomic E-state index is 7.64. The first-order valence-corrected chi connectivity index (χ1v) is 7.87. The van der Waals surface area contributed by atoms with E-state index in [4.69, 9.17) is 11.1 Å². The van der Waals surface area contributed by atoms with Crippen molar-refractivity contribution in [1.82, 2.24) is 4.98 Å². The van der Waals surface area contributed by atoms with E-state index in [9.17, 15) is 0 Å². The first-order chi connectivity index (χ1) is 9.79. The molecular formula is C17H30N4. The van der Waals surface area contributed by atoms with Crippen LogP contribution < -0.4 is 10.6 Å². The van der Waals surface area contributed by atoms with Gasteiger partial charge in [0.2, 0.25) is 0 Å². The number of pyridine rings is 1. The normalized spacial score (nSPS) is 11.2. The van der Waals surface area contributed by atoms with Crippen molar-refractivity contribution in [2.75, 3.05) is 18.0 Å². The molecule has 1 rings (SSSR count). The molecule has 3 N–H and O–H groups in total. The van der Waals surface area contributed by atoms with Crippen LogP contribution in [0.25, 0.3) is 0 Å². The highest BCUT2D eigenvalue weighted by molar-refractivity contribution is 5.95. The van der Waals surface area contributed by atoms with Crippen LogP contribution in [0.1, 0.15) is 51.8 Å². The second kappa shape index (κ2) is 8.01. The molecule has 0 unspecified atom stereocenters. The van der Waals surface area contributed by atoms with Gasteiger partial charge >= 0.3 is 0 Å². The van der Waals surface area contributed by atoms with Gasteiger partial charge in [-0.2, -0.15) is 0 Å². The van der Waals surface area contributed by atoms with Gasteiger partial charge in [-0.05, 0) is 43.7 Å². The van der Waals surface area contributed by atoms with Crippen molar-refractivity contribution >= 4 is 11.7 Å². The molecule has 0 aromatic carbocycles. The van der Waals surface area contributed by atoms with Gasteiger partial charge < -0.3 is 10.6 Å². The van der Waals surface area contributed by atoms with Crippen molar-refractivity contribution in [2.45, 2.75) is 47.5 Å². The SMILES string of the molecule is Cc1cc(C(=N)N)cc(N(CCC(C)C)CCC(C)C)n1. The second-order valence-electron chi connectivity index (χ2n) is 6.62. The lowest BCUT2D eigenvalue weighted by atomic mass is 10.1. The first kappa shape index (κ1) is 17.5. The van der Waals surface area contributed by atoms with Crippen LogP contribution in [0.5, 0.6) is 0 Å². The predicted molar refractivity (Wildman–Crippen MR) is 91.1 cm³/mol. The van der Waals surface area contributed by atoms with E-state index in [1.165, 1.54) is 0 Å². The average Bonchev–Trinajstić information content (AvgIpc) is 2.37. The Morgan fingerprint density at radius 3 is 2.10 bits per heavy atom. The minimum atomic E-state index is 0.106. The molecule has 118 valence electrons. The number of nitrogen functional groups attached to an aromatic ring is 1. The van der Waals surface area contributed by atoms with Gasteiger partial charge in [0.05, 0.1) is 0 Å². The molecule has 4 heteroatoms. The molecule has 0 fully saturated rings. The van der Waals surface area contributed by atoms with Crippen LogP contribution in [0.3, 0.4) is 0 Å². The lowest BCUT2D eigenvalue weighted by Crippen LogP contribution is -2.29. The van der Waals surface area contributed by atoms with E-state index in [0.717, 1.165) is 43.0 Å². The van der Waals surface area contributed by atoms with Crippen molar-refractivity contribution in [2.24, 2.45) is 17.6 Å². The van der Waals surface area contributed by atoms with Gasteiger partial charge in [-0.15, -0.1) is 0 Å². The Hall–Kier alpha value is -1.58. The largest absolute Gasteiger partial charge is 0.384 e. The van der Waals surface area contributed by atoms with E-state index in [-0.39, 0.29) is 5.84 Å². The summed E-state index contributed by atoms with van der Waals surface area (Å²) in [6, 6.07) is 3.81. The van der Waals surface area contributed by atoms with E-state index in [1.54, 1.807) is 0 Å². The number of aromatic nitrogens is 1. The van der Waals surface area contributed by atoms with Gasteiger partial charge in [-0.25, -0.2) is 4.98 Å². The third-order valence-corrected chi connectivity index (χ3v) is 3.53. The van der Waals surface area contributed by atoms with Gasteiger partial charge in [0.25, 0.3) is 0 Å². The number of aryl methyl sites for hydroxylation is 1. The summed E-state index contributed by atoms with van der Waals surface area (Å²) in [6.45, 7) is 12.9. The summed E-state index contributed by atoms with van der Waals surface area (Å²) in [5, 5.41) is 7.64. The Labute approximate surface area is 129 Å². The lowest BCUT2D eigenvalue weighted by Gasteiger charge is -2.26. The number of hydrogen-bond donors (Lipinski definition) is 2.